The van der Waals surface area contributed by atoms with E-state index in [4.69, 9.17) is 4.99 Å². The molecule has 2 N–H and O–H groups in total. The molecule has 2 atom stereocenters. The number of carbonyl (C=O) groups is 1. The number of nitrogens with zero attached hydrogens (tertiary/aromatic N) is 2. The van der Waals surface area contributed by atoms with E-state index >= 15 is 0 Å². The molecule has 1 aliphatic heterocycles. The molecule has 1 amide bonds. The van der Waals surface area contributed by atoms with Crippen LogP contribution in [0.2, 0.25) is 0 Å². The molecule has 1 aliphatic rings. The Labute approximate surface area is 175 Å². The fourth-order valence-electron chi connectivity index (χ4n) is 3.51. The number of guanidine groups is 1. The summed E-state index contributed by atoms with van der Waals surface area (Å²) < 4.78 is 0. The molecule has 1 saturated heterocycles. The standard InChI is InChI=1S/C20H32N4O.HI/c1-5-21-20(24-13-15(2)12-16(3)14-24)22-11-10-18-6-8-19(9-7-18)23-17(4)25;/h6-9,15-16H,5,10-14H2,1-4H3,(H,21,22)(H,23,25);1H. The predicted molar refractivity (Wildman–Crippen MR) is 120 cm³/mol. The number of amides is 1. The Bertz CT molecular complexity index is 578. The minimum absolute atomic E-state index is 0. The van der Waals surface area contributed by atoms with Gasteiger partial charge >= 0.3 is 0 Å². The molecular weight excluding hydrogens is 439 g/mol. The second kappa shape index (κ2) is 11.4. The van der Waals surface area contributed by atoms with Gasteiger partial charge in [-0.1, -0.05) is 26.0 Å². The molecule has 6 heteroatoms. The molecule has 0 aliphatic carbocycles. The zero-order valence-electron chi connectivity index (χ0n) is 16.4. The van der Waals surface area contributed by atoms with E-state index in [2.05, 4.69) is 48.4 Å². The minimum atomic E-state index is -0.0439. The molecule has 0 saturated carbocycles. The Balaban J connectivity index is 0.00000338. The van der Waals surface area contributed by atoms with Gasteiger partial charge in [0.2, 0.25) is 5.91 Å². The van der Waals surface area contributed by atoms with Gasteiger partial charge in [0.1, 0.15) is 0 Å². The van der Waals surface area contributed by atoms with Crippen LogP contribution in [0.5, 0.6) is 0 Å². The Morgan fingerprint density at radius 3 is 2.35 bits per heavy atom. The Kier molecular flexibility index (Phi) is 9.98. The van der Waals surface area contributed by atoms with Crippen molar-refractivity contribution in [1.82, 2.24) is 10.2 Å². The predicted octanol–water partition coefficient (Wildman–Crippen LogP) is 3.75. The molecule has 0 bridgehead atoms. The average molecular weight is 472 g/mol. The topological polar surface area (TPSA) is 56.7 Å². The average Bonchev–Trinajstić information content (AvgIpc) is 2.54. The summed E-state index contributed by atoms with van der Waals surface area (Å²) in [7, 11) is 0. The molecule has 0 radical (unpaired) electrons. The molecule has 0 spiro atoms. The number of benzene rings is 1. The van der Waals surface area contributed by atoms with Crippen LogP contribution in [0.1, 0.15) is 39.7 Å². The highest BCUT2D eigenvalue weighted by Crippen LogP contribution is 2.21. The van der Waals surface area contributed by atoms with Crippen LogP contribution >= 0.6 is 24.0 Å². The van der Waals surface area contributed by atoms with E-state index in [9.17, 15) is 4.79 Å². The van der Waals surface area contributed by atoms with Gasteiger partial charge in [-0.2, -0.15) is 0 Å². The van der Waals surface area contributed by atoms with E-state index in [0.717, 1.165) is 44.2 Å². The van der Waals surface area contributed by atoms with Crippen molar-refractivity contribution in [3.63, 3.8) is 0 Å². The van der Waals surface area contributed by atoms with Crippen molar-refractivity contribution in [2.45, 2.75) is 40.5 Å². The van der Waals surface area contributed by atoms with E-state index in [0.29, 0.717) is 11.8 Å². The first-order valence-electron chi connectivity index (χ1n) is 9.37. The number of hydrogen-bond acceptors (Lipinski definition) is 2. The van der Waals surface area contributed by atoms with Gasteiger partial charge in [-0.3, -0.25) is 9.79 Å². The third kappa shape index (κ3) is 7.51. The number of halogens is 1. The van der Waals surface area contributed by atoms with Gasteiger partial charge in [-0.15, -0.1) is 24.0 Å². The summed E-state index contributed by atoms with van der Waals surface area (Å²) in [5.74, 6) is 2.43. The van der Waals surface area contributed by atoms with Crippen LogP contribution in [0.3, 0.4) is 0 Å². The number of rotatable bonds is 5. The molecule has 2 rings (SSSR count). The third-order valence-electron chi connectivity index (χ3n) is 4.44. The highest BCUT2D eigenvalue weighted by atomic mass is 127. The van der Waals surface area contributed by atoms with Crippen LogP contribution in [0, 0.1) is 11.8 Å². The fourth-order valence-corrected chi connectivity index (χ4v) is 3.51. The molecule has 2 unspecified atom stereocenters. The lowest BCUT2D eigenvalue weighted by Crippen LogP contribution is -2.48. The van der Waals surface area contributed by atoms with Gasteiger partial charge in [0.05, 0.1) is 0 Å². The maximum Gasteiger partial charge on any atom is 0.221 e. The van der Waals surface area contributed by atoms with Crippen LogP contribution in [0.15, 0.2) is 29.3 Å². The number of aliphatic imine (C=N–C) groups is 1. The first-order valence-corrected chi connectivity index (χ1v) is 9.37. The Hall–Kier alpha value is -1.31. The summed E-state index contributed by atoms with van der Waals surface area (Å²) in [6.07, 6.45) is 2.20. The van der Waals surface area contributed by atoms with Crippen LogP contribution in [0.25, 0.3) is 0 Å². The summed E-state index contributed by atoms with van der Waals surface area (Å²) in [4.78, 5) is 18.3. The second-order valence-corrected chi connectivity index (χ2v) is 7.21. The zero-order valence-corrected chi connectivity index (χ0v) is 18.7. The van der Waals surface area contributed by atoms with Gasteiger partial charge in [-0.25, -0.2) is 0 Å². The quantitative estimate of drug-likeness (QED) is 0.390. The number of nitrogens with one attached hydrogen (secondary N) is 2. The van der Waals surface area contributed by atoms with E-state index in [1.807, 2.05) is 12.1 Å². The van der Waals surface area contributed by atoms with E-state index in [1.54, 1.807) is 0 Å². The maximum atomic E-state index is 11.1. The summed E-state index contributed by atoms with van der Waals surface area (Å²) in [6, 6.07) is 8.00. The monoisotopic (exact) mass is 472 g/mol. The highest BCUT2D eigenvalue weighted by Gasteiger charge is 2.23. The first-order chi connectivity index (χ1) is 12.0. The molecule has 0 aromatic heterocycles. The molecular formula is C20H33IN4O. The first kappa shape index (κ1) is 22.7. The van der Waals surface area contributed by atoms with Gasteiger partial charge in [0.15, 0.2) is 5.96 Å². The molecule has 146 valence electrons. The normalized spacial score (nSPS) is 20.3. The summed E-state index contributed by atoms with van der Waals surface area (Å²) >= 11 is 0. The van der Waals surface area contributed by atoms with E-state index in [-0.39, 0.29) is 29.9 Å². The van der Waals surface area contributed by atoms with Crippen molar-refractivity contribution in [1.29, 1.82) is 0 Å². The Morgan fingerprint density at radius 2 is 1.81 bits per heavy atom. The van der Waals surface area contributed by atoms with Gasteiger partial charge in [-0.05, 0) is 49.3 Å². The van der Waals surface area contributed by atoms with Crippen LogP contribution < -0.4 is 10.6 Å². The van der Waals surface area contributed by atoms with E-state index < -0.39 is 0 Å². The number of piperidine rings is 1. The molecule has 1 aromatic carbocycles. The molecule has 1 aromatic rings. The molecule has 1 fully saturated rings. The SMILES string of the molecule is CCNC(=NCCc1ccc(NC(C)=O)cc1)N1CC(C)CC(C)C1.I. The van der Waals surface area contributed by atoms with Crippen molar-refractivity contribution in [2.75, 3.05) is 31.5 Å². The van der Waals surface area contributed by atoms with Crippen molar-refractivity contribution in [2.24, 2.45) is 16.8 Å². The fraction of sp³-hybridized carbons (Fsp3) is 0.600. The number of likely N-dealkylation sites (tertiary alicyclic amines) is 1. The number of anilines is 1. The summed E-state index contributed by atoms with van der Waals surface area (Å²) in [5.41, 5.74) is 2.07. The lowest BCUT2D eigenvalue weighted by molar-refractivity contribution is -0.114. The lowest BCUT2D eigenvalue weighted by atomic mass is 9.92. The number of carbonyl (C=O) groups excluding carboxylic acids is 1. The van der Waals surface area contributed by atoms with Gasteiger partial charge < -0.3 is 15.5 Å². The van der Waals surface area contributed by atoms with Gasteiger partial charge in [0, 0.05) is 38.8 Å². The molecule has 1 heterocycles. The van der Waals surface area contributed by atoms with Crippen LogP contribution in [-0.4, -0.2) is 42.9 Å². The summed E-state index contributed by atoms with van der Waals surface area (Å²) in [5, 5.41) is 6.23. The maximum absolute atomic E-state index is 11.1. The van der Waals surface area contributed by atoms with Crippen LogP contribution in [-0.2, 0) is 11.2 Å². The highest BCUT2D eigenvalue weighted by molar-refractivity contribution is 14.0. The van der Waals surface area contributed by atoms with Crippen molar-refractivity contribution in [3.8, 4) is 0 Å². The minimum Gasteiger partial charge on any atom is -0.357 e. The van der Waals surface area contributed by atoms with Crippen LogP contribution in [0.4, 0.5) is 5.69 Å². The van der Waals surface area contributed by atoms with Crippen molar-refractivity contribution < 1.29 is 4.79 Å². The van der Waals surface area contributed by atoms with Crippen molar-refractivity contribution in [3.05, 3.63) is 29.8 Å². The smallest absolute Gasteiger partial charge is 0.221 e. The summed E-state index contributed by atoms with van der Waals surface area (Å²) in [6.45, 7) is 12.1. The largest absolute Gasteiger partial charge is 0.357 e. The Morgan fingerprint density at radius 1 is 1.19 bits per heavy atom. The lowest BCUT2D eigenvalue weighted by Gasteiger charge is -2.37. The molecule has 26 heavy (non-hydrogen) atoms. The van der Waals surface area contributed by atoms with Crippen molar-refractivity contribution >= 4 is 41.5 Å². The second-order valence-electron chi connectivity index (χ2n) is 7.21. The van der Waals surface area contributed by atoms with Gasteiger partial charge in [0.25, 0.3) is 0 Å². The third-order valence-corrected chi connectivity index (χ3v) is 4.44. The van der Waals surface area contributed by atoms with E-state index in [1.165, 1.54) is 18.9 Å². The molecule has 5 nitrogen and oxygen atoms in total. The number of hydrogen-bond donors (Lipinski definition) is 2. The zero-order chi connectivity index (χ0) is 18.2.